The van der Waals surface area contributed by atoms with Crippen molar-refractivity contribution in [1.82, 2.24) is 10.6 Å². The van der Waals surface area contributed by atoms with Crippen LogP contribution in [0.4, 0.5) is 0 Å². The smallest absolute Gasteiger partial charge is 0.0120 e. The highest BCUT2D eigenvalue weighted by Gasteiger charge is 2.28. The van der Waals surface area contributed by atoms with Crippen molar-refractivity contribution in [1.29, 1.82) is 0 Å². The monoisotopic (exact) mass is 126 g/mol. The Balaban J connectivity index is 1.97. The Morgan fingerprint density at radius 1 is 1.11 bits per heavy atom. The molecule has 2 rings (SSSR count). The summed E-state index contributed by atoms with van der Waals surface area (Å²) in [7, 11) is 0. The predicted molar refractivity (Wildman–Crippen MR) is 37.4 cm³/mol. The molecule has 2 nitrogen and oxygen atoms in total. The van der Waals surface area contributed by atoms with E-state index in [1.165, 1.54) is 32.5 Å². The first-order chi connectivity index (χ1) is 4.47. The van der Waals surface area contributed by atoms with E-state index < -0.39 is 0 Å². The second kappa shape index (κ2) is 2.27. The quantitative estimate of drug-likeness (QED) is 0.476. The summed E-state index contributed by atoms with van der Waals surface area (Å²) in [4.78, 5) is 0. The van der Waals surface area contributed by atoms with Crippen LogP contribution in [0.25, 0.3) is 0 Å². The second-order valence-corrected chi connectivity index (χ2v) is 3.10. The number of fused-ring (bicyclic) bond motifs is 1. The fraction of sp³-hybridized carbons (Fsp3) is 1.00. The predicted octanol–water partition coefficient (Wildman–Crippen LogP) is -0.0422. The number of hydrogen-bond donors (Lipinski definition) is 2. The van der Waals surface area contributed by atoms with Crippen molar-refractivity contribution in [3.8, 4) is 0 Å². The van der Waals surface area contributed by atoms with Crippen LogP contribution in [-0.4, -0.2) is 25.7 Å². The van der Waals surface area contributed by atoms with Crippen LogP contribution in [0, 0.1) is 5.92 Å². The van der Waals surface area contributed by atoms with Gasteiger partial charge >= 0.3 is 0 Å². The Labute approximate surface area is 56.0 Å². The Kier molecular flexibility index (Phi) is 1.44. The van der Waals surface area contributed by atoms with Gasteiger partial charge in [-0.15, -0.1) is 0 Å². The van der Waals surface area contributed by atoms with Gasteiger partial charge < -0.3 is 10.6 Å². The molecule has 0 aliphatic carbocycles. The molecule has 2 aliphatic heterocycles. The molecule has 2 fully saturated rings. The van der Waals surface area contributed by atoms with E-state index in [1.807, 2.05) is 0 Å². The highest BCUT2D eigenvalue weighted by atomic mass is 15.0. The average Bonchev–Trinajstić information content (AvgIpc) is 2.33. The summed E-state index contributed by atoms with van der Waals surface area (Å²) in [6.45, 7) is 3.71. The summed E-state index contributed by atoms with van der Waals surface area (Å²) in [5.41, 5.74) is 0. The molecule has 0 aromatic rings. The van der Waals surface area contributed by atoms with E-state index >= 15 is 0 Å². The zero-order valence-electron chi connectivity index (χ0n) is 5.69. The van der Waals surface area contributed by atoms with Crippen molar-refractivity contribution in [3.05, 3.63) is 0 Å². The van der Waals surface area contributed by atoms with Crippen LogP contribution < -0.4 is 10.6 Å². The molecule has 2 N–H and O–H groups in total. The van der Waals surface area contributed by atoms with E-state index in [2.05, 4.69) is 10.6 Å². The first-order valence-corrected chi connectivity index (χ1v) is 3.91. The largest absolute Gasteiger partial charge is 0.316 e. The molecule has 2 saturated heterocycles. The van der Waals surface area contributed by atoms with Gasteiger partial charge in [-0.05, 0) is 38.4 Å². The fourth-order valence-corrected chi connectivity index (χ4v) is 1.95. The summed E-state index contributed by atoms with van der Waals surface area (Å²) in [6.07, 6.45) is 2.72. The van der Waals surface area contributed by atoms with Gasteiger partial charge in [0.25, 0.3) is 0 Å². The molecule has 0 aromatic heterocycles. The lowest BCUT2D eigenvalue weighted by molar-refractivity contribution is 0.344. The van der Waals surface area contributed by atoms with Crippen LogP contribution in [0.3, 0.4) is 0 Å². The van der Waals surface area contributed by atoms with Crippen LogP contribution in [0.15, 0.2) is 0 Å². The Morgan fingerprint density at radius 3 is 3.00 bits per heavy atom. The minimum Gasteiger partial charge on any atom is -0.316 e. The van der Waals surface area contributed by atoms with E-state index in [9.17, 15) is 0 Å². The molecule has 52 valence electrons. The van der Waals surface area contributed by atoms with E-state index in [4.69, 9.17) is 0 Å². The molecule has 9 heavy (non-hydrogen) atoms. The Hall–Kier alpha value is -0.0800. The van der Waals surface area contributed by atoms with Crippen molar-refractivity contribution in [2.45, 2.75) is 18.9 Å². The van der Waals surface area contributed by atoms with Crippen LogP contribution in [0.2, 0.25) is 0 Å². The maximum atomic E-state index is 3.52. The third-order valence-corrected chi connectivity index (χ3v) is 2.53. The molecule has 0 spiro atoms. The normalized spacial score (nSPS) is 42.7. The molecule has 2 heteroatoms. The van der Waals surface area contributed by atoms with Gasteiger partial charge in [0.05, 0.1) is 0 Å². The number of nitrogens with one attached hydrogen (secondary N) is 2. The summed E-state index contributed by atoms with van der Waals surface area (Å²) < 4.78 is 0. The van der Waals surface area contributed by atoms with Gasteiger partial charge in [0.15, 0.2) is 0 Å². The van der Waals surface area contributed by atoms with Gasteiger partial charge in [0.2, 0.25) is 0 Å². The second-order valence-electron chi connectivity index (χ2n) is 3.10. The van der Waals surface area contributed by atoms with Crippen LogP contribution in [-0.2, 0) is 0 Å². The van der Waals surface area contributed by atoms with Crippen LogP contribution in [0.1, 0.15) is 12.8 Å². The Morgan fingerprint density at radius 2 is 2.11 bits per heavy atom. The molecular formula is C7H14N2. The minimum absolute atomic E-state index is 0.853. The first-order valence-electron chi connectivity index (χ1n) is 3.91. The fourth-order valence-electron chi connectivity index (χ4n) is 1.95. The van der Waals surface area contributed by atoms with E-state index in [-0.39, 0.29) is 0 Å². The highest BCUT2D eigenvalue weighted by Crippen LogP contribution is 2.19. The van der Waals surface area contributed by atoms with Gasteiger partial charge in [-0.25, -0.2) is 0 Å². The molecule has 0 radical (unpaired) electrons. The van der Waals surface area contributed by atoms with Gasteiger partial charge in [0, 0.05) is 6.04 Å². The maximum Gasteiger partial charge on any atom is 0.0120 e. The van der Waals surface area contributed by atoms with Crippen LogP contribution >= 0.6 is 0 Å². The van der Waals surface area contributed by atoms with Gasteiger partial charge in [0.1, 0.15) is 0 Å². The molecule has 2 heterocycles. The molecule has 0 bridgehead atoms. The summed E-state index contributed by atoms with van der Waals surface area (Å²) in [6, 6.07) is 0.853. The molecule has 2 atom stereocenters. The molecule has 2 aliphatic rings. The maximum absolute atomic E-state index is 3.52. The molecule has 0 aromatic carbocycles. The van der Waals surface area contributed by atoms with Gasteiger partial charge in [-0.2, -0.15) is 0 Å². The van der Waals surface area contributed by atoms with Crippen molar-refractivity contribution in [3.63, 3.8) is 0 Å². The lowest BCUT2D eigenvalue weighted by Gasteiger charge is -2.25. The molecule has 0 saturated carbocycles. The SMILES string of the molecule is C1CC2NCCC2CN1. The molecular weight excluding hydrogens is 112 g/mol. The summed E-state index contributed by atoms with van der Waals surface area (Å²) in [5.74, 6) is 0.943. The standard InChI is InChI=1S/C7H14N2/c1-4-9-7-2-3-8-5-6(1)7/h6-9H,1-5H2. The molecule has 0 amide bonds. The highest BCUT2D eigenvalue weighted by molar-refractivity contribution is 4.88. The molecule has 2 unspecified atom stereocenters. The zero-order valence-corrected chi connectivity index (χ0v) is 5.69. The minimum atomic E-state index is 0.853. The van der Waals surface area contributed by atoms with E-state index in [0.717, 1.165) is 12.0 Å². The number of hydrogen-bond acceptors (Lipinski definition) is 2. The van der Waals surface area contributed by atoms with Crippen molar-refractivity contribution in [2.75, 3.05) is 19.6 Å². The van der Waals surface area contributed by atoms with E-state index in [1.54, 1.807) is 0 Å². The van der Waals surface area contributed by atoms with Gasteiger partial charge in [-0.1, -0.05) is 0 Å². The number of piperidine rings is 1. The summed E-state index contributed by atoms with van der Waals surface area (Å²) in [5, 5.41) is 6.93. The first kappa shape index (κ1) is 5.69. The van der Waals surface area contributed by atoms with Crippen molar-refractivity contribution >= 4 is 0 Å². The van der Waals surface area contributed by atoms with Gasteiger partial charge in [-0.3, -0.25) is 0 Å². The third-order valence-electron chi connectivity index (χ3n) is 2.53. The Bertz CT molecular complexity index is 91.1. The number of rotatable bonds is 0. The summed E-state index contributed by atoms with van der Waals surface area (Å²) >= 11 is 0. The van der Waals surface area contributed by atoms with Crippen molar-refractivity contribution in [2.24, 2.45) is 5.92 Å². The average molecular weight is 126 g/mol. The zero-order chi connectivity index (χ0) is 6.10. The van der Waals surface area contributed by atoms with E-state index in [0.29, 0.717) is 0 Å². The lowest BCUT2D eigenvalue weighted by Crippen LogP contribution is -2.41. The topological polar surface area (TPSA) is 24.1 Å². The van der Waals surface area contributed by atoms with Crippen molar-refractivity contribution < 1.29 is 0 Å². The lowest BCUT2D eigenvalue weighted by atomic mass is 9.95. The van der Waals surface area contributed by atoms with Crippen LogP contribution in [0.5, 0.6) is 0 Å². The third kappa shape index (κ3) is 0.970.